The predicted octanol–water partition coefficient (Wildman–Crippen LogP) is -0.611. The average Bonchev–Trinajstić information content (AvgIpc) is 2.88. The highest BCUT2D eigenvalue weighted by Gasteiger charge is 2.36. The number of aromatic nitrogens is 4. The van der Waals surface area contributed by atoms with Gasteiger partial charge in [0.1, 0.15) is 12.9 Å². The summed E-state index contributed by atoms with van der Waals surface area (Å²) in [4.78, 5) is 38.3. The van der Waals surface area contributed by atoms with E-state index in [-0.39, 0.29) is 35.5 Å². The molecular weight excluding hydrogens is 310 g/mol. The standard InChI is InChI=1S/C16H19N5O3/c1-18-10-17-21(16(18)24)9-15(23)19-6-11-5-12(8-19)13-3-2-4-14(22)20(13)7-11/h2-4,10-12H,5-9H2,1H3/t11-,12+/m0/s1. The van der Waals surface area contributed by atoms with E-state index in [4.69, 9.17) is 0 Å². The minimum atomic E-state index is -0.294. The first-order valence-electron chi connectivity index (χ1n) is 8.09. The monoisotopic (exact) mass is 329 g/mol. The first-order chi connectivity index (χ1) is 11.5. The van der Waals surface area contributed by atoms with Crippen molar-refractivity contribution in [2.24, 2.45) is 13.0 Å². The van der Waals surface area contributed by atoms with E-state index in [1.165, 1.54) is 15.6 Å². The normalized spacial score (nSPS) is 22.3. The Kier molecular flexibility index (Phi) is 3.40. The molecule has 4 heterocycles. The van der Waals surface area contributed by atoms with Crippen molar-refractivity contribution in [3.63, 3.8) is 0 Å². The van der Waals surface area contributed by atoms with Crippen LogP contribution in [0, 0.1) is 5.92 Å². The zero-order chi connectivity index (χ0) is 16.8. The number of hydrogen-bond donors (Lipinski definition) is 0. The van der Waals surface area contributed by atoms with Gasteiger partial charge in [0, 0.05) is 44.4 Å². The molecule has 2 atom stereocenters. The van der Waals surface area contributed by atoms with E-state index in [1.807, 2.05) is 10.6 Å². The number of carbonyl (C=O) groups excluding carboxylic acids is 1. The molecule has 0 N–H and O–H groups in total. The third kappa shape index (κ3) is 2.38. The SMILES string of the molecule is Cn1cnn(CC(=O)N2C[C@@H]3C[C@H](C2)c2cccc(=O)n2C3)c1=O. The molecule has 2 aromatic heterocycles. The molecule has 8 nitrogen and oxygen atoms in total. The van der Waals surface area contributed by atoms with Gasteiger partial charge in [-0.1, -0.05) is 6.07 Å². The summed E-state index contributed by atoms with van der Waals surface area (Å²) < 4.78 is 4.37. The van der Waals surface area contributed by atoms with Crippen LogP contribution in [0.1, 0.15) is 18.0 Å². The summed E-state index contributed by atoms with van der Waals surface area (Å²) in [5.74, 6) is 0.355. The van der Waals surface area contributed by atoms with Crippen molar-refractivity contribution in [3.05, 3.63) is 51.1 Å². The lowest BCUT2D eigenvalue weighted by molar-refractivity contribution is -0.134. The lowest BCUT2D eigenvalue weighted by Gasteiger charge is -2.42. The second-order valence-electron chi connectivity index (χ2n) is 6.68. The first kappa shape index (κ1) is 14.9. The summed E-state index contributed by atoms with van der Waals surface area (Å²) in [6.45, 7) is 1.82. The number of likely N-dealkylation sites (tertiary alicyclic amines) is 1. The minimum absolute atomic E-state index is 0.0296. The molecule has 2 aliphatic heterocycles. The smallest absolute Gasteiger partial charge is 0.340 e. The molecular formula is C16H19N5O3. The number of amides is 1. The third-order valence-electron chi connectivity index (χ3n) is 5.00. The Morgan fingerprint density at radius 3 is 2.83 bits per heavy atom. The van der Waals surface area contributed by atoms with E-state index >= 15 is 0 Å². The fourth-order valence-electron chi connectivity index (χ4n) is 3.86. The molecule has 2 aromatic rings. The van der Waals surface area contributed by atoms with Gasteiger partial charge in [-0.05, 0) is 18.4 Å². The maximum atomic E-state index is 12.6. The van der Waals surface area contributed by atoms with Gasteiger partial charge < -0.3 is 9.47 Å². The van der Waals surface area contributed by atoms with Gasteiger partial charge in [0.15, 0.2) is 0 Å². The molecule has 0 unspecified atom stereocenters. The van der Waals surface area contributed by atoms with E-state index in [0.717, 1.165) is 12.1 Å². The highest BCUT2D eigenvalue weighted by molar-refractivity contribution is 5.76. The van der Waals surface area contributed by atoms with Gasteiger partial charge >= 0.3 is 5.69 Å². The number of carbonyl (C=O) groups is 1. The molecule has 126 valence electrons. The van der Waals surface area contributed by atoms with Crippen LogP contribution in [-0.4, -0.2) is 42.8 Å². The maximum Gasteiger partial charge on any atom is 0.345 e. The first-order valence-corrected chi connectivity index (χ1v) is 8.09. The minimum Gasteiger partial charge on any atom is -0.340 e. The fraction of sp³-hybridized carbons (Fsp3) is 0.500. The van der Waals surface area contributed by atoms with Crippen molar-refractivity contribution in [1.82, 2.24) is 23.8 Å². The highest BCUT2D eigenvalue weighted by atomic mass is 16.2. The van der Waals surface area contributed by atoms with Crippen LogP contribution >= 0.6 is 0 Å². The van der Waals surface area contributed by atoms with Crippen LogP contribution in [0.3, 0.4) is 0 Å². The van der Waals surface area contributed by atoms with Crippen molar-refractivity contribution >= 4 is 5.91 Å². The van der Waals surface area contributed by atoms with Crippen LogP contribution in [0.2, 0.25) is 0 Å². The molecule has 2 aliphatic rings. The fourth-order valence-corrected chi connectivity index (χ4v) is 3.86. The van der Waals surface area contributed by atoms with E-state index in [0.29, 0.717) is 19.6 Å². The molecule has 1 fully saturated rings. The second kappa shape index (κ2) is 5.47. The summed E-state index contributed by atoms with van der Waals surface area (Å²) in [5, 5.41) is 3.94. The average molecular weight is 329 g/mol. The molecule has 0 aromatic carbocycles. The second-order valence-corrected chi connectivity index (χ2v) is 6.68. The Morgan fingerprint density at radius 1 is 1.25 bits per heavy atom. The number of piperidine rings is 1. The number of aryl methyl sites for hydroxylation is 1. The zero-order valence-corrected chi connectivity index (χ0v) is 13.5. The largest absolute Gasteiger partial charge is 0.345 e. The van der Waals surface area contributed by atoms with Gasteiger partial charge in [-0.15, -0.1) is 0 Å². The van der Waals surface area contributed by atoms with Crippen molar-refractivity contribution < 1.29 is 4.79 Å². The number of hydrogen-bond acceptors (Lipinski definition) is 4. The molecule has 2 bridgehead atoms. The summed E-state index contributed by atoms with van der Waals surface area (Å²) in [6, 6.07) is 5.34. The van der Waals surface area contributed by atoms with Crippen LogP contribution in [0.25, 0.3) is 0 Å². The Bertz CT molecular complexity index is 909. The Balaban J connectivity index is 1.55. The van der Waals surface area contributed by atoms with Crippen LogP contribution in [0.15, 0.2) is 34.1 Å². The van der Waals surface area contributed by atoms with Gasteiger partial charge in [0.05, 0.1) is 0 Å². The van der Waals surface area contributed by atoms with Crippen molar-refractivity contribution in [2.75, 3.05) is 13.1 Å². The molecule has 1 saturated heterocycles. The van der Waals surface area contributed by atoms with E-state index in [9.17, 15) is 14.4 Å². The molecule has 4 rings (SSSR count). The van der Waals surface area contributed by atoms with Gasteiger partial charge in [-0.3, -0.25) is 14.2 Å². The van der Waals surface area contributed by atoms with Gasteiger partial charge in [0.25, 0.3) is 5.56 Å². The van der Waals surface area contributed by atoms with Crippen molar-refractivity contribution in [3.8, 4) is 0 Å². The molecule has 0 aliphatic carbocycles. The summed E-state index contributed by atoms with van der Waals surface area (Å²) in [5.41, 5.74) is 0.741. The van der Waals surface area contributed by atoms with E-state index in [1.54, 1.807) is 24.1 Å². The van der Waals surface area contributed by atoms with E-state index in [2.05, 4.69) is 5.10 Å². The number of rotatable bonds is 2. The number of fused-ring (bicyclic) bond motifs is 4. The summed E-state index contributed by atoms with van der Waals surface area (Å²) in [6.07, 6.45) is 2.40. The Morgan fingerprint density at radius 2 is 2.08 bits per heavy atom. The molecule has 0 radical (unpaired) electrons. The van der Waals surface area contributed by atoms with E-state index < -0.39 is 0 Å². The van der Waals surface area contributed by atoms with Crippen molar-refractivity contribution in [1.29, 1.82) is 0 Å². The predicted molar refractivity (Wildman–Crippen MR) is 85.6 cm³/mol. The van der Waals surface area contributed by atoms with Crippen molar-refractivity contribution in [2.45, 2.75) is 25.4 Å². The van der Waals surface area contributed by atoms with Crippen LogP contribution in [0.4, 0.5) is 0 Å². The maximum absolute atomic E-state index is 12.6. The molecule has 0 saturated carbocycles. The van der Waals surface area contributed by atoms with Crippen LogP contribution in [-0.2, 0) is 24.9 Å². The zero-order valence-electron chi connectivity index (χ0n) is 13.5. The lowest BCUT2D eigenvalue weighted by atomic mass is 9.83. The molecule has 1 amide bonds. The number of nitrogens with zero attached hydrogens (tertiary/aromatic N) is 5. The Labute approximate surface area is 137 Å². The van der Waals surface area contributed by atoms with Gasteiger partial charge in [-0.25, -0.2) is 9.48 Å². The van der Waals surface area contributed by atoms with Gasteiger partial charge in [0.2, 0.25) is 5.91 Å². The molecule has 8 heteroatoms. The quantitative estimate of drug-likeness (QED) is 0.736. The summed E-state index contributed by atoms with van der Waals surface area (Å²) >= 11 is 0. The van der Waals surface area contributed by atoms with Crippen LogP contribution < -0.4 is 11.2 Å². The van der Waals surface area contributed by atoms with Crippen LogP contribution in [0.5, 0.6) is 0 Å². The number of pyridine rings is 1. The topological polar surface area (TPSA) is 82.1 Å². The van der Waals surface area contributed by atoms with Gasteiger partial charge in [-0.2, -0.15) is 5.10 Å². The third-order valence-corrected chi connectivity index (χ3v) is 5.00. The Hall–Kier alpha value is -2.64. The highest BCUT2D eigenvalue weighted by Crippen LogP contribution is 2.34. The lowest BCUT2D eigenvalue weighted by Crippen LogP contribution is -2.50. The molecule has 0 spiro atoms. The molecule has 24 heavy (non-hydrogen) atoms. The summed E-state index contributed by atoms with van der Waals surface area (Å²) in [7, 11) is 1.61.